The molecule has 5 aromatic rings. The fourth-order valence-corrected chi connectivity index (χ4v) is 6.23. The quantitative estimate of drug-likeness (QED) is 0.149. The standard InChI is InChI=1S/C31H27F4N3O2S/c1-4-5-16-12-17(32)13-21-27(16)39-11-9-31(21,2)23-15-37-30(38-23)20-14-18(6-7-22(20)33)40-28-25(35)24(34)26-19(8-10-36-26)29(28)41-3/h6-8,10,12-15,36H,4-5,9,11H2,1-3H3,(H,37,38). The lowest BCUT2D eigenvalue weighted by Gasteiger charge is -2.36. The number of hydrogen-bond acceptors (Lipinski definition) is 4. The Morgan fingerprint density at radius 1 is 1.10 bits per heavy atom. The largest absolute Gasteiger partial charge is 0.493 e. The first-order chi connectivity index (χ1) is 19.7. The van der Waals surface area contributed by atoms with Gasteiger partial charge < -0.3 is 19.4 Å². The van der Waals surface area contributed by atoms with Gasteiger partial charge in [0.1, 0.15) is 29.0 Å². The molecule has 1 aliphatic rings. The highest BCUT2D eigenvalue weighted by molar-refractivity contribution is 7.99. The molecule has 0 radical (unpaired) electrons. The van der Waals surface area contributed by atoms with Gasteiger partial charge in [-0.1, -0.05) is 13.3 Å². The summed E-state index contributed by atoms with van der Waals surface area (Å²) in [4.78, 5) is 10.8. The monoisotopic (exact) mass is 581 g/mol. The third-order valence-electron chi connectivity index (χ3n) is 7.69. The molecular weight excluding hydrogens is 554 g/mol. The van der Waals surface area contributed by atoms with E-state index in [2.05, 4.69) is 15.0 Å². The molecule has 2 aromatic heterocycles. The first-order valence-corrected chi connectivity index (χ1v) is 14.5. The van der Waals surface area contributed by atoms with Crippen molar-refractivity contribution in [2.24, 2.45) is 0 Å². The van der Waals surface area contributed by atoms with Crippen LogP contribution in [-0.2, 0) is 11.8 Å². The van der Waals surface area contributed by atoms with Crippen molar-refractivity contribution >= 4 is 22.7 Å². The third-order valence-corrected chi connectivity index (χ3v) is 8.50. The second-order valence-corrected chi connectivity index (χ2v) is 11.1. The molecule has 0 bridgehead atoms. The molecule has 1 unspecified atom stereocenters. The fraction of sp³-hybridized carbons (Fsp3) is 0.258. The summed E-state index contributed by atoms with van der Waals surface area (Å²) in [5.74, 6) is -2.39. The maximum atomic E-state index is 15.1. The highest BCUT2D eigenvalue weighted by atomic mass is 32.2. The molecule has 5 nitrogen and oxygen atoms in total. The summed E-state index contributed by atoms with van der Waals surface area (Å²) in [6.45, 7) is 4.44. The Morgan fingerprint density at radius 2 is 1.93 bits per heavy atom. The van der Waals surface area contributed by atoms with Crippen molar-refractivity contribution in [1.29, 1.82) is 0 Å². The minimum Gasteiger partial charge on any atom is -0.493 e. The van der Waals surface area contributed by atoms with Crippen LogP contribution >= 0.6 is 11.8 Å². The van der Waals surface area contributed by atoms with Crippen LogP contribution in [0.1, 0.15) is 43.5 Å². The van der Waals surface area contributed by atoms with E-state index in [4.69, 9.17) is 9.47 Å². The maximum absolute atomic E-state index is 15.1. The van der Waals surface area contributed by atoms with Crippen LogP contribution in [-0.4, -0.2) is 27.8 Å². The zero-order chi connectivity index (χ0) is 28.9. The van der Waals surface area contributed by atoms with E-state index in [0.717, 1.165) is 12.0 Å². The predicted molar refractivity (Wildman–Crippen MR) is 151 cm³/mol. The van der Waals surface area contributed by atoms with Gasteiger partial charge in [-0.25, -0.2) is 18.2 Å². The number of rotatable bonds is 7. The van der Waals surface area contributed by atoms with Crippen LogP contribution < -0.4 is 9.47 Å². The number of aryl methyl sites for hydroxylation is 1. The smallest absolute Gasteiger partial charge is 0.204 e. The van der Waals surface area contributed by atoms with E-state index in [1.807, 2.05) is 13.8 Å². The summed E-state index contributed by atoms with van der Waals surface area (Å²) in [7, 11) is 0. The number of aromatic amines is 2. The van der Waals surface area contributed by atoms with Gasteiger partial charge >= 0.3 is 0 Å². The second-order valence-electron chi connectivity index (χ2n) is 10.3. The molecule has 0 fully saturated rings. The average molecular weight is 582 g/mol. The van der Waals surface area contributed by atoms with Crippen molar-refractivity contribution in [3.05, 3.63) is 88.9 Å². The van der Waals surface area contributed by atoms with E-state index in [1.165, 1.54) is 48.3 Å². The molecule has 0 amide bonds. The van der Waals surface area contributed by atoms with Crippen LogP contribution in [0, 0.1) is 23.3 Å². The van der Waals surface area contributed by atoms with Gasteiger partial charge in [0.05, 0.1) is 22.6 Å². The van der Waals surface area contributed by atoms with Crippen LogP contribution in [0.4, 0.5) is 17.6 Å². The van der Waals surface area contributed by atoms with Crippen molar-refractivity contribution < 1.29 is 27.0 Å². The van der Waals surface area contributed by atoms with Gasteiger partial charge in [0.2, 0.25) is 5.82 Å². The molecule has 3 heterocycles. The summed E-state index contributed by atoms with van der Waals surface area (Å²) in [6.07, 6.45) is 6.96. The van der Waals surface area contributed by atoms with Crippen molar-refractivity contribution in [3.63, 3.8) is 0 Å². The topological polar surface area (TPSA) is 62.9 Å². The summed E-state index contributed by atoms with van der Waals surface area (Å²) < 4.78 is 71.4. The lowest BCUT2D eigenvalue weighted by atomic mass is 9.74. The molecule has 0 saturated carbocycles. The van der Waals surface area contributed by atoms with Gasteiger partial charge in [0.15, 0.2) is 11.6 Å². The van der Waals surface area contributed by atoms with Crippen LogP contribution in [0.15, 0.2) is 53.7 Å². The average Bonchev–Trinajstić information content (AvgIpc) is 3.65. The Bertz CT molecular complexity index is 1780. The molecular formula is C31H27F4N3O2S. The van der Waals surface area contributed by atoms with Crippen LogP contribution in [0.5, 0.6) is 17.2 Å². The number of thioether (sulfide) groups is 1. The Hall–Kier alpha value is -3.92. The number of imidazole rings is 1. The Morgan fingerprint density at radius 3 is 2.71 bits per heavy atom. The minimum absolute atomic E-state index is 0.0481. The predicted octanol–water partition coefficient (Wildman–Crippen LogP) is 8.67. The summed E-state index contributed by atoms with van der Waals surface area (Å²) in [6, 6.07) is 8.56. The zero-order valence-corrected chi connectivity index (χ0v) is 23.4. The first kappa shape index (κ1) is 27.3. The Kier molecular flexibility index (Phi) is 6.97. The molecule has 1 atom stereocenters. The lowest BCUT2D eigenvalue weighted by Crippen LogP contribution is -2.32. The maximum Gasteiger partial charge on any atom is 0.204 e. The molecule has 2 N–H and O–H groups in total. The normalized spacial score (nSPS) is 16.6. The van der Waals surface area contributed by atoms with E-state index in [1.54, 1.807) is 18.5 Å². The van der Waals surface area contributed by atoms with E-state index in [9.17, 15) is 8.78 Å². The molecule has 6 rings (SSSR count). The number of H-pyrrole nitrogens is 2. The van der Waals surface area contributed by atoms with Crippen molar-refractivity contribution in [2.75, 3.05) is 12.9 Å². The first-order valence-electron chi connectivity index (χ1n) is 13.3. The van der Waals surface area contributed by atoms with E-state index < -0.39 is 22.9 Å². The highest BCUT2D eigenvalue weighted by Gasteiger charge is 2.38. The van der Waals surface area contributed by atoms with Crippen molar-refractivity contribution in [2.45, 2.75) is 43.4 Å². The number of hydrogen-bond donors (Lipinski definition) is 2. The Balaban J connectivity index is 1.38. The number of benzene rings is 3. The summed E-state index contributed by atoms with van der Waals surface area (Å²) >= 11 is 1.21. The molecule has 3 aromatic carbocycles. The molecule has 1 aliphatic heterocycles. The second kappa shape index (κ2) is 10.5. The van der Waals surface area contributed by atoms with E-state index in [0.29, 0.717) is 46.7 Å². The number of halogens is 4. The number of aromatic nitrogens is 3. The summed E-state index contributed by atoms with van der Waals surface area (Å²) in [5, 5.41) is 0.480. The highest BCUT2D eigenvalue weighted by Crippen LogP contribution is 2.46. The Labute approximate surface area is 238 Å². The number of nitrogens with zero attached hydrogens (tertiary/aromatic N) is 1. The SMILES string of the molecule is CCCc1cc(F)cc2c1OCCC2(C)c1cnc(-c2cc(Oc3c(F)c(F)c4[nH]ccc4c3SC)ccc2F)[nH]1. The van der Waals surface area contributed by atoms with Crippen LogP contribution in [0.2, 0.25) is 0 Å². The zero-order valence-electron chi connectivity index (χ0n) is 22.6. The van der Waals surface area contributed by atoms with Crippen LogP contribution in [0.3, 0.4) is 0 Å². The molecule has 0 aliphatic carbocycles. The minimum atomic E-state index is -1.14. The number of ether oxygens (including phenoxy) is 2. The van der Waals surface area contributed by atoms with Crippen molar-refractivity contribution in [1.82, 2.24) is 15.0 Å². The molecule has 0 saturated heterocycles. The van der Waals surface area contributed by atoms with Gasteiger partial charge in [-0.2, -0.15) is 4.39 Å². The number of fused-ring (bicyclic) bond motifs is 2. The van der Waals surface area contributed by atoms with Gasteiger partial charge in [-0.3, -0.25) is 0 Å². The van der Waals surface area contributed by atoms with Gasteiger partial charge in [-0.05, 0) is 68.0 Å². The van der Waals surface area contributed by atoms with Crippen molar-refractivity contribution in [3.8, 4) is 28.6 Å². The van der Waals surface area contributed by atoms with Gasteiger partial charge in [0.25, 0.3) is 0 Å². The number of nitrogens with one attached hydrogen (secondary N) is 2. The van der Waals surface area contributed by atoms with Crippen LogP contribution in [0.25, 0.3) is 22.3 Å². The van der Waals surface area contributed by atoms with E-state index in [-0.39, 0.29) is 34.2 Å². The molecule has 0 spiro atoms. The molecule has 41 heavy (non-hydrogen) atoms. The van der Waals surface area contributed by atoms with Gasteiger partial charge in [0, 0.05) is 34.5 Å². The lowest BCUT2D eigenvalue weighted by molar-refractivity contribution is 0.238. The molecule has 212 valence electrons. The molecule has 10 heteroatoms. The third kappa shape index (κ3) is 4.54. The van der Waals surface area contributed by atoms with E-state index >= 15 is 8.78 Å². The van der Waals surface area contributed by atoms with Gasteiger partial charge in [-0.15, -0.1) is 11.8 Å². The fourth-order valence-electron chi connectivity index (χ4n) is 5.53. The summed E-state index contributed by atoms with van der Waals surface area (Å²) in [5.41, 5.74) is 1.68.